The van der Waals surface area contributed by atoms with E-state index < -0.39 is 29.7 Å². The van der Waals surface area contributed by atoms with Gasteiger partial charge in [0.2, 0.25) is 5.91 Å². The van der Waals surface area contributed by atoms with Crippen LogP contribution >= 0.6 is 11.8 Å². The van der Waals surface area contributed by atoms with E-state index in [1.807, 2.05) is 24.3 Å². The highest BCUT2D eigenvalue weighted by atomic mass is 32.2. The van der Waals surface area contributed by atoms with E-state index in [0.29, 0.717) is 12.2 Å². The molecule has 8 nitrogen and oxygen atoms in total. The number of rotatable bonds is 2. The standard InChI is InChI=1S/C21H25N3O5S/c1-21(2,3)29-20(27)23-14-9-12-11-7-5-6-8-13(11)22-16(12)18-24(17(14)25)15(10-30-18)19(26)28-4/h5-8,14-15,18,22H,9-10H2,1-4H3,(H,23,27)/t14-,15-,18-/m0/s1. The molecule has 2 amide bonds. The molecule has 3 heterocycles. The minimum atomic E-state index is -0.853. The minimum absolute atomic E-state index is 0.304. The lowest BCUT2D eigenvalue weighted by Crippen LogP contribution is -2.53. The van der Waals surface area contributed by atoms with Gasteiger partial charge in [0.1, 0.15) is 23.1 Å². The molecule has 0 spiro atoms. The van der Waals surface area contributed by atoms with Crippen molar-refractivity contribution >= 4 is 40.6 Å². The Balaban J connectivity index is 1.76. The average molecular weight is 432 g/mol. The first-order valence-electron chi connectivity index (χ1n) is 9.80. The lowest BCUT2D eigenvalue weighted by atomic mass is 10.0. The third-order valence-electron chi connectivity index (χ3n) is 5.22. The van der Waals surface area contributed by atoms with Gasteiger partial charge >= 0.3 is 12.1 Å². The van der Waals surface area contributed by atoms with E-state index in [4.69, 9.17) is 9.47 Å². The Kier molecular flexibility index (Phi) is 5.17. The van der Waals surface area contributed by atoms with Gasteiger partial charge in [0.05, 0.1) is 12.8 Å². The van der Waals surface area contributed by atoms with Crippen molar-refractivity contribution in [3.8, 4) is 0 Å². The van der Waals surface area contributed by atoms with Crippen LogP contribution in [0.15, 0.2) is 24.3 Å². The molecule has 160 valence electrons. The molecule has 1 aromatic carbocycles. The van der Waals surface area contributed by atoms with Gasteiger partial charge in [-0.2, -0.15) is 0 Å². The number of nitrogens with one attached hydrogen (secondary N) is 2. The van der Waals surface area contributed by atoms with Gasteiger partial charge in [-0.05, 0) is 32.4 Å². The molecule has 0 unspecified atom stereocenters. The molecular weight excluding hydrogens is 406 g/mol. The molecule has 30 heavy (non-hydrogen) atoms. The fourth-order valence-corrected chi connectivity index (χ4v) is 5.44. The van der Waals surface area contributed by atoms with Crippen molar-refractivity contribution in [3.05, 3.63) is 35.5 Å². The molecule has 2 N–H and O–H groups in total. The monoisotopic (exact) mass is 431 g/mol. The number of carbonyl (C=O) groups is 3. The minimum Gasteiger partial charge on any atom is -0.467 e. The Morgan fingerprint density at radius 2 is 2.00 bits per heavy atom. The first kappa shape index (κ1) is 20.6. The van der Waals surface area contributed by atoms with E-state index in [2.05, 4.69) is 10.3 Å². The number of esters is 1. The molecule has 0 bridgehead atoms. The fraction of sp³-hybridized carbons (Fsp3) is 0.476. The van der Waals surface area contributed by atoms with Crippen LogP contribution in [0, 0.1) is 0 Å². The van der Waals surface area contributed by atoms with E-state index >= 15 is 0 Å². The van der Waals surface area contributed by atoms with Crippen molar-refractivity contribution in [1.29, 1.82) is 0 Å². The zero-order chi connectivity index (χ0) is 21.6. The maximum absolute atomic E-state index is 13.5. The number of thioether (sulfide) groups is 1. The molecule has 1 fully saturated rings. The molecule has 4 rings (SSSR count). The lowest BCUT2D eigenvalue weighted by Gasteiger charge is -2.29. The summed E-state index contributed by atoms with van der Waals surface area (Å²) < 4.78 is 10.3. The molecule has 2 aliphatic heterocycles. The number of para-hydroxylation sites is 1. The number of hydrogen-bond acceptors (Lipinski definition) is 6. The van der Waals surface area contributed by atoms with E-state index in [1.165, 1.54) is 18.9 Å². The van der Waals surface area contributed by atoms with Crippen LogP contribution in [0.5, 0.6) is 0 Å². The van der Waals surface area contributed by atoms with Crippen molar-refractivity contribution in [1.82, 2.24) is 15.2 Å². The van der Waals surface area contributed by atoms with Crippen molar-refractivity contribution < 1.29 is 23.9 Å². The first-order chi connectivity index (χ1) is 14.2. The topological polar surface area (TPSA) is 101 Å². The maximum Gasteiger partial charge on any atom is 0.408 e. The molecule has 1 aromatic heterocycles. The summed E-state index contributed by atoms with van der Waals surface area (Å²) in [5.41, 5.74) is 2.11. The summed E-state index contributed by atoms with van der Waals surface area (Å²) in [4.78, 5) is 43.3. The zero-order valence-corrected chi connectivity index (χ0v) is 18.2. The summed E-state index contributed by atoms with van der Waals surface area (Å²) in [7, 11) is 1.31. The number of hydrogen-bond donors (Lipinski definition) is 2. The summed E-state index contributed by atoms with van der Waals surface area (Å²) >= 11 is 1.51. The van der Waals surface area contributed by atoms with Gasteiger partial charge in [0.25, 0.3) is 0 Å². The summed E-state index contributed by atoms with van der Waals surface area (Å²) in [6, 6.07) is 6.29. The van der Waals surface area contributed by atoms with Crippen LogP contribution in [0.4, 0.5) is 4.79 Å². The normalized spacial score (nSPS) is 23.5. The zero-order valence-electron chi connectivity index (χ0n) is 17.4. The molecule has 3 atom stereocenters. The average Bonchev–Trinajstić information content (AvgIpc) is 3.24. The Labute approximate surface area is 178 Å². The number of methoxy groups -OCH3 is 1. The molecule has 0 radical (unpaired) electrons. The van der Waals surface area contributed by atoms with E-state index in [0.717, 1.165) is 22.2 Å². The second kappa shape index (κ2) is 7.54. The molecule has 2 aromatic rings. The first-order valence-corrected chi connectivity index (χ1v) is 10.8. The predicted octanol–water partition coefficient (Wildman–Crippen LogP) is 2.73. The number of H-pyrrole nitrogens is 1. The summed E-state index contributed by atoms with van der Waals surface area (Å²) in [6.07, 6.45) is -0.360. The number of ether oxygens (including phenoxy) is 2. The molecule has 2 aliphatic rings. The van der Waals surface area contributed by atoms with E-state index in [1.54, 1.807) is 25.7 Å². The van der Waals surface area contributed by atoms with Crippen molar-refractivity contribution in [2.45, 2.75) is 50.3 Å². The van der Waals surface area contributed by atoms with Crippen LogP contribution < -0.4 is 5.32 Å². The predicted molar refractivity (Wildman–Crippen MR) is 113 cm³/mol. The molecular formula is C21H25N3O5S. The Bertz CT molecular complexity index is 1010. The van der Waals surface area contributed by atoms with Gasteiger partial charge in [0.15, 0.2) is 0 Å². The van der Waals surface area contributed by atoms with Gasteiger partial charge < -0.3 is 24.7 Å². The molecule has 1 saturated heterocycles. The summed E-state index contributed by atoms with van der Waals surface area (Å²) in [5, 5.41) is 3.37. The maximum atomic E-state index is 13.5. The highest BCUT2D eigenvalue weighted by molar-refractivity contribution is 7.99. The second-order valence-electron chi connectivity index (χ2n) is 8.44. The highest BCUT2D eigenvalue weighted by Crippen LogP contribution is 2.46. The summed E-state index contributed by atoms with van der Waals surface area (Å²) in [5.74, 6) is -0.356. The number of carbonyl (C=O) groups excluding carboxylic acids is 3. The number of alkyl carbamates (subject to hydrolysis) is 1. The number of aromatic amines is 1. The summed E-state index contributed by atoms with van der Waals surface area (Å²) in [6.45, 7) is 5.29. The van der Waals surface area contributed by atoms with Gasteiger partial charge in [-0.3, -0.25) is 4.79 Å². The fourth-order valence-electron chi connectivity index (χ4n) is 4.00. The lowest BCUT2D eigenvalue weighted by molar-refractivity contribution is -0.152. The van der Waals surface area contributed by atoms with Crippen LogP contribution in [-0.2, 0) is 25.5 Å². The SMILES string of the molecule is COC(=O)[C@@H]1CS[C@H]2c3[nH]c4ccccc4c3C[C@H](NC(=O)OC(C)(C)C)C(=O)N12. The van der Waals surface area contributed by atoms with Crippen LogP contribution in [0.3, 0.4) is 0 Å². The quantitative estimate of drug-likeness (QED) is 0.709. The highest BCUT2D eigenvalue weighted by Gasteiger charge is 2.49. The van der Waals surface area contributed by atoms with Gasteiger partial charge in [0, 0.05) is 23.1 Å². The molecule has 0 aliphatic carbocycles. The Hall–Kier alpha value is -2.68. The number of fused-ring (bicyclic) bond motifs is 5. The van der Waals surface area contributed by atoms with Crippen LogP contribution in [0.1, 0.15) is 37.4 Å². The van der Waals surface area contributed by atoms with Crippen molar-refractivity contribution in [2.75, 3.05) is 12.9 Å². The van der Waals surface area contributed by atoms with Crippen LogP contribution in [0.2, 0.25) is 0 Å². The number of aromatic nitrogens is 1. The largest absolute Gasteiger partial charge is 0.467 e. The van der Waals surface area contributed by atoms with Gasteiger partial charge in [-0.25, -0.2) is 9.59 Å². The van der Waals surface area contributed by atoms with E-state index in [9.17, 15) is 14.4 Å². The van der Waals surface area contributed by atoms with Crippen molar-refractivity contribution in [3.63, 3.8) is 0 Å². The van der Waals surface area contributed by atoms with Gasteiger partial charge in [-0.1, -0.05) is 18.2 Å². The second-order valence-corrected chi connectivity index (χ2v) is 9.55. The Morgan fingerprint density at radius 3 is 2.70 bits per heavy atom. The number of nitrogens with zero attached hydrogens (tertiary/aromatic N) is 1. The Morgan fingerprint density at radius 1 is 1.27 bits per heavy atom. The van der Waals surface area contributed by atoms with E-state index in [-0.39, 0.29) is 11.3 Å². The molecule has 9 heteroatoms. The number of benzene rings is 1. The third-order valence-corrected chi connectivity index (χ3v) is 6.51. The van der Waals surface area contributed by atoms with Crippen LogP contribution in [-0.4, -0.2) is 58.4 Å². The number of amides is 2. The van der Waals surface area contributed by atoms with Crippen LogP contribution in [0.25, 0.3) is 10.9 Å². The smallest absolute Gasteiger partial charge is 0.408 e. The molecule has 0 saturated carbocycles. The van der Waals surface area contributed by atoms with Gasteiger partial charge in [-0.15, -0.1) is 11.8 Å². The van der Waals surface area contributed by atoms with Crippen molar-refractivity contribution in [2.24, 2.45) is 0 Å². The third kappa shape index (κ3) is 3.62.